The van der Waals surface area contributed by atoms with Crippen LogP contribution in [0.15, 0.2) is 6.20 Å². The average Bonchev–Trinajstić information content (AvgIpc) is 2.33. The van der Waals surface area contributed by atoms with Gasteiger partial charge in [0.05, 0.1) is 5.69 Å². The lowest BCUT2D eigenvalue weighted by atomic mass is 10.4. The van der Waals surface area contributed by atoms with E-state index < -0.39 is 0 Å². The average molecular weight is 173 g/mol. The van der Waals surface area contributed by atoms with E-state index in [-0.39, 0.29) is 0 Å². The van der Waals surface area contributed by atoms with Crippen LogP contribution >= 0.6 is 11.6 Å². The summed E-state index contributed by atoms with van der Waals surface area (Å²) >= 11 is 5.85. The molecule has 0 aliphatic rings. The van der Waals surface area contributed by atoms with E-state index in [4.69, 9.17) is 11.6 Å². The minimum Gasteiger partial charge on any atom is -0.322 e. The van der Waals surface area contributed by atoms with Crippen molar-refractivity contribution in [3.63, 3.8) is 0 Å². The Morgan fingerprint density at radius 3 is 2.73 bits per heavy atom. The van der Waals surface area contributed by atoms with Crippen molar-refractivity contribution in [3.8, 4) is 0 Å². The molecule has 0 aromatic carbocycles. The summed E-state index contributed by atoms with van der Waals surface area (Å²) in [6, 6.07) is 0. The van der Waals surface area contributed by atoms with Crippen molar-refractivity contribution in [2.24, 2.45) is 0 Å². The third kappa shape index (κ3) is 1.96. The second kappa shape index (κ2) is 3.77. The van der Waals surface area contributed by atoms with Crippen LogP contribution < -0.4 is 0 Å². The van der Waals surface area contributed by atoms with Crippen molar-refractivity contribution in [2.45, 2.75) is 33.2 Å². The first-order valence-electron chi connectivity index (χ1n) is 3.99. The first-order chi connectivity index (χ1) is 5.27. The van der Waals surface area contributed by atoms with Gasteiger partial charge in [0.1, 0.15) is 0 Å². The Labute approximate surface area is 72.2 Å². The number of aryl methyl sites for hydroxylation is 2. The number of rotatable bonds is 3. The molecular weight excluding hydrogens is 160 g/mol. The van der Waals surface area contributed by atoms with Crippen LogP contribution in [0.25, 0.3) is 0 Å². The summed E-state index contributed by atoms with van der Waals surface area (Å²) in [5.74, 6) is 0. The zero-order valence-corrected chi connectivity index (χ0v) is 7.73. The molecule has 1 heterocycles. The normalized spacial score (nSPS) is 10.5. The molecule has 1 rings (SSSR count). The summed E-state index contributed by atoms with van der Waals surface area (Å²) in [6.45, 7) is 5.17. The number of nitrogens with zero attached hydrogens (tertiary/aromatic N) is 2. The van der Waals surface area contributed by atoms with Gasteiger partial charge in [-0.1, -0.05) is 13.8 Å². The molecule has 1 aromatic rings. The summed E-state index contributed by atoms with van der Waals surface area (Å²) in [4.78, 5) is 4.18. The van der Waals surface area contributed by atoms with Gasteiger partial charge in [0, 0.05) is 12.7 Å². The van der Waals surface area contributed by atoms with Gasteiger partial charge in [0.25, 0.3) is 0 Å². The largest absolute Gasteiger partial charge is 0.322 e. The van der Waals surface area contributed by atoms with E-state index in [2.05, 4.69) is 18.8 Å². The van der Waals surface area contributed by atoms with Crippen molar-refractivity contribution >= 4 is 11.6 Å². The maximum absolute atomic E-state index is 5.85. The van der Waals surface area contributed by atoms with Crippen LogP contribution in [0, 0.1) is 0 Å². The maximum Gasteiger partial charge on any atom is 0.202 e. The summed E-state index contributed by atoms with van der Waals surface area (Å²) in [7, 11) is 0. The van der Waals surface area contributed by atoms with Gasteiger partial charge in [0.15, 0.2) is 0 Å². The first kappa shape index (κ1) is 8.60. The molecule has 3 heteroatoms. The molecular formula is C8H13ClN2. The quantitative estimate of drug-likeness (QED) is 0.685. The molecule has 0 fully saturated rings. The topological polar surface area (TPSA) is 17.8 Å². The van der Waals surface area contributed by atoms with Gasteiger partial charge in [-0.15, -0.1) is 0 Å². The molecule has 0 spiro atoms. The van der Waals surface area contributed by atoms with Crippen LogP contribution in [0.1, 0.15) is 26.0 Å². The second-order valence-electron chi connectivity index (χ2n) is 2.55. The van der Waals surface area contributed by atoms with Gasteiger partial charge >= 0.3 is 0 Å². The van der Waals surface area contributed by atoms with Crippen molar-refractivity contribution in [1.29, 1.82) is 0 Å². The second-order valence-corrected chi connectivity index (χ2v) is 2.89. The molecule has 0 aliphatic heterocycles. The van der Waals surface area contributed by atoms with E-state index in [1.165, 1.54) is 0 Å². The highest BCUT2D eigenvalue weighted by molar-refractivity contribution is 6.28. The van der Waals surface area contributed by atoms with Crippen LogP contribution in [0.4, 0.5) is 0 Å². The van der Waals surface area contributed by atoms with E-state index in [1.807, 2.05) is 10.8 Å². The Kier molecular flexibility index (Phi) is 2.94. The van der Waals surface area contributed by atoms with E-state index >= 15 is 0 Å². The fourth-order valence-corrected chi connectivity index (χ4v) is 1.25. The lowest BCUT2D eigenvalue weighted by Gasteiger charge is -1.97. The van der Waals surface area contributed by atoms with Gasteiger partial charge in [-0.05, 0) is 24.4 Å². The molecule has 0 bridgehead atoms. The fourth-order valence-electron chi connectivity index (χ4n) is 1.01. The highest BCUT2D eigenvalue weighted by atomic mass is 35.5. The third-order valence-electron chi connectivity index (χ3n) is 1.60. The molecule has 0 atom stereocenters. The predicted molar refractivity (Wildman–Crippen MR) is 46.9 cm³/mol. The molecule has 0 N–H and O–H groups in total. The zero-order chi connectivity index (χ0) is 8.27. The fraction of sp³-hybridized carbons (Fsp3) is 0.625. The lowest BCUT2D eigenvalue weighted by molar-refractivity contribution is 0.678. The molecule has 1 aromatic heterocycles. The molecule has 0 radical (unpaired) electrons. The maximum atomic E-state index is 5.85. The highest BCUT2D eigenvalue weighted by Gasteiger charge is 2.01. The number of aromatic nitrogens is 2. The number of imidazole rings is 1. The molecule has 11 heavy (non-hydrogen) atoms. The van der Waals surface area contributed by atoms with Crippen molar-refractivity contribution < 1.29 is 0 Å². The zero-order valence-electron chi connectivity index (χ0n) is 6.97. The van der Waals surface area contributed by atoms with Gasteiger partial charge in [-0.3, -0.25) is 0 Å². The SMILES string of the molecule is CCCn1cc(CC)nc1Cl. The molecule has 0 saturated carbocycles. The van der Waals surface area contributed by atoms with Crippen LogP contribution in [0.5, 0.6) is 0 Å². The monoisotopic (exact) mass is 172 g/mol. The number of hydrogen-bond donors (Lipinski definition) is 0. The van der Waals surface area contributed by atoms with E-state index in [1.54, 1.807) is 0 Å². The Hall–Kier alpha value is -0.500. The summed E-state index contributed by atoms with van der Waals surface area (Å²) in [6.07, 6.45) is 4.07. The minimum atomic E-state index is 0.615. The Bertz CT molecular complexity index is 230. The van der Waals surface area contributed by atoms with Crippen LogP contribution in [-0.4, -0.2) is 9.55 Å². The van der Waals surface area contributed by atoms with Crippen molar-refractivity contribution in [2.75, 3.05) is 0 Å². The smallest absolute Gasteiger partial charge is 0.202 e. The summed E-state index contributed by atoms with van der Waals surface area (Å²) in [5.41, 5.74) is 1.07. The molecule has 62 valence electrons. The van der Waals surface area contributed by atoms with E-state index in [0.29, 0.717) is 5.28 Å². The standard InChI is InChI=1S/C8H13ClN2/c1-3-5-11-6-7(4-2)10-8(11)9/h6H,3-5H2,1-2H3. The molecule has 2 nitrogen and oxygen atoms in total. The van der Waals surface area contributed by atoms with E-state index in [0.717, 1.165) is 25.1 Å². The van der Waals surface area contributed by atoms with Gasteiger partial charge in [-0.25, -0.2) is 4.98 Å². The number of halogens is 1. The summed E-state index contributed by atoms with van der Waals surface area (Å²) < 4.78 is 1.99. The lowest BCUT2D eigenvalue weighted by Crippen LogP contribution is -1.93. The van der Waals surface area contributed by atoms with Crippen molar-refractivity contribution in [1.82, 2.24) is 9.55 Å². The van der Waals surface area contributed by atoms with Crippen LogP contribution in [0.2, 0.25) is 5.28 Å². The highest BCUT2D eigenvalue weighted by Crippen LogP contribution is 2.10. The van der Waals surface area contributed by atoms with Crippen LogP contribution in [-0.2, 0) is 13.0 Å². The van der Waals surface area contributed by atoms with Gasteiger partial charge in [-0.2, -0.15) is 0 Å². The molecule has 0 unspecified atom stereocenters. The molecule has 0 aliphatic carbocycles. The molecule has 0 amide bonds. The van der Waals surface area contributed by atoms with Crippen molar-refractivity contribution in [3.05, 3.63) is 17.2 Å². The van der Waals surface area contributed by atoms with Gasteiger partial charge in [0.2, 0.25) is 5.28 Å². The molecule has 0 saturated heterocycles. The minimum absolute atomic E-state index is 0.615. The van der Waals surface area contributed by atoms with Crippen LogP contribution in [0.3, 0.4) is 0 Å². The van der Waals surface area contributed by atoms with Gasteiger partial charge < -0.3 is 4.57 Å². The first-order valence-corrected chi connectivity index (χ1v) is 4.37. The Morgan fingerprint density at radius 2 is 2.27 bits per heavy atom. The third-order valence-corrected chi connectivity index (χ3v) is 1.91. The Balaban J connectivity index is 2.79. The Morgan fingerprint density at radius 1 is 1.55 bits per heavy atom. The van der Waals surface area contributed by atoms with E-state index in [9.17, 15) is 0 Å². The predicted octanol–water partition coefficient (Wildman–Crippen LogP) is 2.51. The summed E-state index contributed by atoms with van der Waals surface area (Å²) in [5, 5.41) is 0.615. The number of hydrogen-bond acceptors (Lipinski definition) is 1.